The van der Waals surface area contributed by atoms with Gasteiger partial charge in [-0.15, -0.1) is 0 Å². The fraction of sp³-hybridized carbons (Fsp3) is 0.588. The molecule has 2 rings (SSSR count). The maximum absolute atomic E-state index is 13.0. The summed E-state index contributed by atoms with van der Waals surface area (Å²) in [6, 6.07) is 2.36. The fourth-order valence-corrected chi connectivity index (χ4v) is 5.13. The van der Waals surface area contributed by atoms with Gasteiger partial charge < -0.3 is 4.74 Å². The first kappa shape index (κ1) is 20.3. The lowest BCUT2D eigenvalue weighted by Crippen LogP contribution is -2.54. The highest BCUT2D eigenvalue weighted by atomic mass is 32.2. The quantitative estimate of drug-likeness (QED) is 0.361. The van der Waals surface area contributed by atoms with Crippen molar-refractivity contribution in [1.82, 2.24) is 4.72 Å². The molecule has 0 aromatic heterocycles. The van der Waals surface area contributed by atoms with E-state index in [1.54, 1.807) is 13.8 Å². The standard InChI is InChI=1S/C17H24N2O6S/c1-12-10-14(19(21)22)11-15(13(12)2)26(23,24)18-17(16(20)25-3)8-6-4-5-7-9-17/h10-11,18H,4-9H2,1-3H3. The van der Waals surface area contributed by atoms with E-state index < -0.39 is 26.5 Å². The van der Waals surface area contributed by atoms with E-state index in [2.05, 4.69) is 4.72 Å². The van der Waals surface area contributed by atoms with Crippen LogP contribution in [0, 0.1) is 24.0 Å². The second kappa shape index (κ2) is 7.71. The number of hydrogen-bond donors (Lipinski definition) is 1. The van der Waals surface area contributed by atoms with Crippen LogP contribution >= 0.6 is 0 Å². The summed E-state index contributed by atoms with van der Waals surface area (Å²) in [5.41, 5.74) is -0.736. The highest BCUT2D eigenvalue weighted by Crippen LogP contribution is 2.32. The number of nitro benzene ring substituents is 1. The number of nitrogens with zero attached hydrogens (tertiary/aromatic N) is 1. The van der Waals surface area contributed by atoms with Crippen LogP contribution in [0.1, 0.15) is 49.7 Å². The van der Waals surface area contributed by atoms with Crippen LogP contribution in [0.15, 0.2) is 17.0 Å². The molecule has 0 spiro atoms. The van der Waals surface area contributed by atoms with E-state index in [0.29, 0.717) is 36.8 Å². The summed E-state index contributed by atoms with van der Waals surface area (Å²) < 4.78 is 33.5. The average Bonchev–Trinajstić information content (AvgIpc) is 2.81. The smallest absolute Gasteiger partial charge is 0.327 e. The molecule has 1 aliphatic rings. The van der Waals surface area contributed by atoms with Crippen molar-refractivity contribution >= 4 is 21.7 Å². The first-order valence-electron chi connectivity index (χ1n) is 8.51. The second-order valence-corrected chi connectivity index (χ2v) is 8.39. The van der Waals surface area contributed by atoms with Crippen LogP contribution in [0.4, 0.5) is 5.69 Å². The topological polar surface area (TPSA) is 116 Å². The number of nitrogens with one attached hydrogen (secondary N) is 1. The molecule has 0 aliphatic heterocycles. The Bertz CT molecular complexity index is 811. The number of non-ortho nitro benzene ring substituents is 1. The summed E-state index contributed by atoms with van der Waals surface area (Å²) in [7, 11) is -2.93. The van der Waals surface area contributed by atoms with Crippen molar-refractivity contribution in [2.24, 2.45) is 0 Å². The molecule has 0 bridgehead atoms. The maximum Gasteiger partial charge on any atom is 0.327 e. The first-order valence-corrected chi connectivity index (χ1v) is 9.99. The molecule has 1 aromatic carbocycles. The normalized spacial score (nSPS) is 17.3. The van der Waals surface area contributed by atoms with Crippen LogP contribution in [0.25, 0.3) is 0 Å². The minimum absolute atomic E-state index is 0.184. The largest absolute Gasteiger partial charge is 0.468 e. The molecule has 0 amide bonds. The molecule has 0 atom stereocenters. The molecule has 9 heteroatoms. The summed E-state index contributed by atoms with van der Waals surface area (Å²) in [5.74, 6) is -0.622. The van der Waals surface area contributed by atoms with Crippen molar-refractivity contribution in [3.8, 4) is 0 Å². The summed E-state index contributed by atoms with van der Waals surface area (Å²) >= 11 is 0. The molecule has 26 heavy (non-hydrogen) atoms. The average molecular weight is 384 g/mol. The zero-order valence-electron chi connectivity index (χ0n) is 15.2. The Balaban J connectivity index is 2.52. The van der Waals surface area contributed by atoms with E-state index in [1.165, 1.54) is 13.2 Å². The van der Waals surface area contributed by atoms with E-state index in [-0.39, 0.29) is 10.6 Å². The van der Waals surface area contributed by atoms with Crippen molar-refractivity contribution in [3.05, 3.63) is 33.4 Å². The third-order valence-electron chi connectivity index (χ3n) is 4.97. The van der Waals surface area contributed by atoms with E-state index >= 15 is 0 Å². The predicted octanol–water partition coefficient (Wildman–Crippen LogP) is 2.76. The fourth-order valence-electron chi connectivity index (χ4n) is 3.38. The third-order valence-corrected chi connectivity index (χ3v) is 6.63. The van der Waals surface area contributed by atoms with Gasteiger partial charge in [-0.2, -0.15) is 4.72 Å². The number of esters is 1. The molecule has 0 unspecified atom stereocenters. The summed E-state index contributed by atoms with van der Waals surface area (Å²) in [6.45, 7) is 3.20. The van der Waals surface area contributed by atoms with Crippen LogP contribution in [0.5, 0.6) is 0 Å². The number of aryl methyl sites for hydroxylation is 1. The Morgan fingerprint density at radius 1 is 1.19 bits per heavy atom. The molecule has 0 radical (unpaired) electrons. The molecule has 1 fully saturated rings. The predicted molar refractivity (Wildman–Crippen MR) is 95.3 cm³/mol. The van der Waals surface area contributed by atoms with Gasteiger partial charge in [0.2, 0.25) is 10.0 Å². The maximum atomic E-state index is 13.0. The Morgan fingerprint density at radius 3 is 2.27 bits per heavy atom. The lowest BCUT2D eigenvalue weighted by molar-refractivity contribution is -0.385. The molecular formula is C17H24N2O6S. The minimum Gasteiger partial charge on any atom is -0.468 e. The molecule has 144 valence electrons. The van der Waals surface area contributed by atoms with Crippen molar-refractivity contribution in [1.29, 1.82) is 0 Å². The molecule has 1 saturated carbocycles. The van der Waals surface area contributed by atoms with Crippen LogP contribution in [-0.4, -0.2) is 32.0 Å². The summed E-state index contributed by atoms with van der Waals surface area (Å²) in [6.07, 6.45) is 3.90. The molecule has 1 aliphatic carbocycles. The number of carbonyl (C=O) groups is 1. The van der Waals surface area contributed by atoms with Crippen molar-refractivity contribution in [2.75, 3.05) is 7.11 Å². The van der Waals surface area contributed by atoms with Gasteiger partial charge in [-0.3, -0.25) is 14.9 Å². The number of carbonyl (C=O) groups excluding carboxylic acids is 1. The van der Waals surface area contributed by atoms with E-state index in [4.69, 9.17) is 4.74 Å². The van der Waals surface area contributed by atoms with Gasteiger partial charge in [-0.25, -0.2) is 8.42 Å². The zero-order valence-corrected chi connectivity index (χ0v) is 16.0. The van der Waals surface area contributed by atoms with Crippen LogP contribution in [-0.2, 0) is 19.6 Å². The zero-order chi connectivity index (χ0) is 19.5. The van der Waals surface area contributed by atoms with E-state index in [9.17, 15) is 23.3 Å². The Labute approximate surface area is 153 Å². The summed E-state index contributed by atoms with van der Waals surface area (Å²) in [5, 5.41) is 11.1. The van der Waals surface area contributed by atoms with Gasteiger partial charge in [-0.05, 0) is 37.8 Å². The number of ether oxygens (including phenoxy) is 1. The van der Waals surface area contributed by atoms with Crippen molar-refractivity contribution in [2.45, 2.75) is 62.8 Å². The lowest BCUT2D eigenvalue weighted by Gasteiger charge is -2.30. The second-order valence-electron chi connectivity index (χ2n) is 6.74. The first-order chi connectivity index (χ1) is 12.1. The highest BCUT2D eigenvalue weighted by molar-refractivity contribution is 7.89. The summed E-state index contributed by atoms with van der Waals surface area (Å²) in [4.78, 5) is 22.7. The number of rotatable bonds is 5. The lowest BCUT2D eigenvalue weighted by atomic mass is 9.92. The molecule has 1 N–H and O–H groups in total. The number of benzene rings is 1. The van der Waals surface area contributed by atoms with Crippen LogP contribution in [0.2, 0.25) is 0 Å². The van der Waals surface area contributed by atoms with Gasteiger partial charge >= 0.3 is 5.97 Å². The van der Waals surface area contributed by atoms with Gasteiger partial charge in [0.1, 0.15) is 5.54 Å². The van der Waals surface area contributed by atoms with Gasteiger partial charge in [0, 0.05) is 12.1 Å². The van der Waals surface area contributed by atoms with Gasteiger partial charge in [0.25, 0.3) is 5.69 Å². The van der Waals surface area contributed by atoms with Crippen LogP contribution < -0.4 is 4.72 Å². The van der Waals surface area contributed by atoms with Crippen molar-refractivity contribution < 1.29 is 22.9 Å². The molecule has 8 nitrogen and oxygen atoms in total. The number of nitro groups is 1. The third kappa shape index (κ3) is 4.04. The van der Waals surface area contributed by atoms with Gasteiger partial charge in [0.15, 0.2) is 0 Å². The Kier molecular flexibility index (Phi) is 6.02. The van der Waals surface area contributed by atoms with Crippen molar-refractivity contribution in [3.63, 3.8) is 0 Å². The minimum atomic E-state index is -4.15. The SMILES string of the molecule is COC(=O)C1(NS(=O)(=O)c2cc([N+](=O)[O-])cc(C)c2C)CCCCCC1. The number of methoxy groups -OCH3 is 1. The highest BCUT2D eigenvalue weighted by Gasteiger charge is 2.44. The van der Waals surface area contributed by atoms with Crippen LogP contribution in [0.3, 0.4) is 0 Å². The molecule has 0 heterocycles. The van der Waals surface area contributed by atoms with Gasteiger partial charge in [0.05, 0.1) is 16.9 Å². The Morgan fingerprint density at radius 2 is 1.77 bits per heavy atom. The molecular weight excluding hydrogens is 360 g/mol. The molecule has 0 saturated heterocycles. The number of hydrogen-bond acceptors (Lipinski definition) is 6. The monoisotopic (exact) mass is 384 g/mol. The van der Waals surface area contributed by atoms with E-state index in [1.807, 2.05) is 0 Å². The Hall–Kier alpha value is -2.00. The number of sulfonamides is 1. The molecule has 1 aromatic rings. The van der Waals surface area contributed by atoms with Gasteiger partial charge in [-0.1, -0.05) is 25.7 Å². The van der Waals surface area contributed by atoms with E-state index in [0.717, 1.165) is 18.9 Å².